The van der Waals surface area contributed by atoms with Gasteiger partial charge in [0.1, 0.15) is 0 Å². The van der Waals surface area contributed by atoms with E-state index in [0.29, 0.717) is 11.4 Å². The number of hydrogen-bond donors (Lipinski definition) is 3. The molecule has 0 saturated carbocycles. The maximum Gasteiger partial charge on any atom is 0.247 e. The maximum absolute atomic E-state index is 11.3. The number of hydrogen-bond acceptors (Lipinski definition) is 3. The highest BCUT2D eigenvalue weighted by Gasteiger charge is 2.13. The largest absolute Gasteiger partial charge is 0.398 e. The third-order valence-corrected chi connectivity index (χ3v) is 3.58. The van der Waals surface area contributed by atoms with E-state index in [9.17, 15) is 4.79 Å². The van der Waals surface area contributed by atoms with E-state index in [0.717, 1.165) is 15.6 Å². The van der Waals surface area contributed by atoms with Gasteiger partial charge < -0.3 is 16.8 Å². The Morgan fingerprint density at radius 3 is 2.71 bits per heavy atom. The molecule has 5 N–H and O–H groups in total. The average Bonchev–Trinajstić information content (AvgIpc) is 2.47. The predicted octanol–water partition coefficient (Wildman–Crippen LogP) is 3.20. The first-order valence-corrected chi connectivity index (χ1v) is 7.14. The van der Waals surface area contributed by atoms with Crippen LogP contribution in [0.1, 0.15) is 17.2 Å². The van der Waals surface area contributed by atoms with Crippen molar-refractivity contribution < 1.29 is 4.79 Å². The number of carbonyl (C=O) groups excluding carboxylic acids is 1. The zero-order valence-electron chi connectivity index (χ0n) is 11.3. The number of benzene rings is 2. The molecule has 2 aromatic carbocycles. The molecule has 0 heterocycles. The van der Waals surface area contributed by atoms with Gasteiger partial charge in [0.2, 0.25) is 5.91 Å². The molecule has 2 aromatic rings. The van der Waals surface area contributed by atoms with Crippen LogP contribution in [0.2, 0.25) is 0 Å². The van der Waals surface area contributed by atoms with Crippen molar-refractivity contribution >= 4 is 33.2 Å². The van der Waals surface area contributed by atoms with Gasteiger partial charge in [-0.25, -0.2) is 0 Å². The molecule has 0 bridgehead atoms. The molecule has 4 nitrogen and oxygen atoms in total. The fourth-order valence-corrected chi connectivity index (χ4v) is 2.39. The van der Waals surface area contributed by atoms with Gasteiger partial charge in [0.05, 0.1) is 6.04 Å². The Balaban J connectivity index is 2.30. The van der Waals surface area contributed by atoms with Crippen molar-refractivity contribution in [1.29, 1.82) is 0 Å². The van der Waals surface area contributed by atoms with Crippen molar-refractivity contribution in [3.05, 3.63) is 70.7 Å². The molecule has 1 unspecified atom stereocenters. The zero-order chi connectivity index (χ0) is 15.4. The highest BCUT2D eigenvalue weighted by molar-refractivity contribution is 9.10. The summed E-state index contributed by atoms with van der Waals surface area (Å²) in [5.74, 6) is -0.260. The molecule has 0 aliphatic rings. The van der Waals surface area contributed by atoms with Crippen LogP contribution in [0, 0.1) is 0 Å². The third kappa shape index (κ3) is 3.71. The first kappa shape index (κ1) is 15.3. The van der Waals surface area contributed by atoms with E-state index in [1.54, 1.807) is 6.07 Å². The minimum atomic E-state index is -0.362. The standard InChI is InChI=1S/C16H16BrN3O/c1-2-15(21)20-12-5-3-4-10(8-12)16(19)13-7-6-11(17)9-14(13)18/h2-9,16H,1,18-19H2,(H,20,21). The second-order valence-electron chi connectivity index (χ2n) is 4.57. The zero-order valence-corrected chi connectivity index (χ0v) is 12.9. The molecule has 0 fully saturated rings. The fraction of sp³-hybridized carbons (Fsp3) is 0.0625. The lowest BCUT2D eigenvalue weighted by atomic mass is 9.98. The van der Waals surface area contributed by atoms with Crippen LogP contribution >= 0.6 is 15.9 Å². The summed E-state index contributed by atoms with van der Waals surface area (Å²) in [4.78, 5) is 11.3. The van der Waals surface area contributed by atoms with Gasteiger partial charge in [-0.1, -0.05) is 40.7 Å². The van der Waals surface area contributed by atoms with Crippen LogP contribution in [0.15, 0.2) is 59.6 Å². The number of nitrogens with two attached hydrogens (primary N) is 2. The SMILES string of the molecule is C=CC(=O)Nc1cccc(C(N)c2ccc(Br)cc2N)c1. The van der Waals surface area contributed by atoms with Gasteiger partial charge in [-0.2, -0.15) is 0 Å². The topological polar surface area (TPSA) is 81.1 Å². The van der Waals surface area contributed by atoms with E-state index >= 15 is 0 Å². The van der Waals surface area contributed by atoms with Gasteiger partial charge in [0, 0.05) is 15.8 Å². The predicted molar refractivity (Wildman–Crippen MR) is 89.9 cm³/mol. The molecule has 0 aliphatic heterocycles. The van der Waals surface area contributed by atoms with Crippen molar-refractivity contribution in [3.63, 3.8) is 0 Å². The summed E-state index contributed by atoms with van der Waals surface area (Å²) in [6.07, 6.45) is 1.22. The minimum Gasteiger partial charge on any atom is -0.398 e. The van der Waals surface area contributed by atoms with Crippen LogP contribution in [0.4, 0.5) is 11.4 Å². The van der Waals surface area contributed by atoms with Crippen molar-refractivity contribution in [2.24, 2.45) is 5.73 Å². The molecule has 2 rings (SSSR count). The third-order valence-electron chi connectivity index (χ3n) is 3.08. The van der Waals surface area contributed by atoms with Crippen molar-refractivity contribution in [1.82, 2.24) is 0 Å². The monoisotopic (exact) mass is 345 g/mol. The van der Waals surface area contributed by atoms with Crippen molar-refractivity contribution in [3.8, 4) is 0 Å². The summed E-state index contributed by atoms with van der Waals surface area (Å²) >= 11 is 3.37. The number of carbonyl (C=O) groups is 1. The Labute approximate surface area is 132 Å². The molecule has 0 aromatic heterocycles. The van der Waals surface area contributed by atoms with Gasteiger partial charge in [0.15, 0.2) is 0 Å². The van der Waals surface area contributed by atoms with E-state index in [2.05, 4.69) is 27.8 Å². The average molecular weight is 346 g/mol. The van der Waals surface area contributed by atoms with E-state index in [-0.39, 0.29) is 11.9 Å². The number of halogens is 1. The second kappa shape index (κ2) is 6.56. The minimum absolute atomic E-state index is 0.260. The number of nitrogens with one attached hydrogen (secondary N) is 1. The molecular weight excluding hydrogens is 330 g/mol. The van der Waals surface area contributed by atoms with Crippen molar-refractivity contribution in [2.45, 2.75) is 6.04 Å². The number of amides is 1. The molecule has 1 atom stereocenters. The van der Waals surface area contributed by atoms with Gasteiger partial charge in [-0.15, -0.1) is 0 Å². The fourth-order valence-electron chi connectivity index (χ4n) is 2.01. The van der Waals surface area contributed by atoms with Gasteiger partial charge in [-0.05, 0) is 41.5 Å². The van der Waals surface area contributed by atoms with E-state index in [1.165, 1.54) is 6.08 Å². The first-order chi connectivity index (χ1) is 10.0. The summed E-state index contributed by atoms with van der Waals surface area (Å²) in [5.41, 5.74) is 15.3. The Morgan fingerprint density at radius 2 is 2.05 bits per heavy atom. The summed E-state index contributed by atoms with van der Waals surface area (Å²) in [5, 5.41) is 2.71. The van der Waals surface area contributed by atoms with Crippen LogP contribution in [0.3, 0.4) is 0 Å². The summed E-state index contributed by atoms with van der Waals surface area (Å²) in [6, 6.07) is 12.6. The lowest BCUT2D eigenvalue weighted by Crippen LogP contribution is -2.15. The quantitative estimate of drug-likeness (QED) is 0.587. The first-order valence-electron chi connectivity index (χ1n) is 6.35. The molecule has 0 saturated heterocycles. The Morgan fingerprint density at radius 1 is 1.29 bits per heavy atom. The number of rotatable bonds is 4. The lowest BCUT2D eigenvalue weighted by molar-refractivity contribution is -0.111. The second-order valence-corrected chi connectivity index (χ2v) is 5.49. The molecular formula is C16H16BrN3O. The van der Waals surface area contributed by atoms with E-state index in [4.69, 9.17) is 11.5 Å². The van der Waals surface area contributed by atoms with Gasteiger partial charge in [-0.3, -0.25) is 4.79 Å². The highest BCUT2D eigenvalue weighted by Crippen LogP contribution is 2.28. The molecule has 0 spiro atoms. The summed E-state index contributed by atoms with van der Waals surface area (Å²) in [7, 11) is 0. The van der Waals surface area contributed by atoms with E-state index < -0.39 is 0 Å². The van der Waals surface area contributed by atoms with Crippen LogP contribution in [-0.2, 0) is 4.79 Å². The number of nitrogen functional groups attached to an aromatic ring is 1. The van der Waals surface area contributed by atoms with Gasteiger partial charge in [0.25, 0.3) is 0 Å². The van der Waals surface area contributed by atoms with Crippen LogP contribution in [-0.4, -0.2) is 5.91 Å². The molecule has 21 heavy (non-hydrogen) atoms. The molecule has 5 heteroatoms. The van der Waals surface area contributed by atoms with Crippen molar-refractivity contribution in [2.75, 3.05) is 11.1 Å². The molecule has 108 valence electrons. The molecule has 1 amide bonds. The summed E-state index contributed by atoms with van der Waals surface area (Å²) < 4.78 is 0.906. The molecule has 0 aliphatic carbocycles. The van der Waals surface area contributed by atoms with E-state index in [1.807, 2.05) is 36.4 Å². The Kier molecular flexibility index (Phi) is 4.77. The maximum atomic E-state index is 11.3. The smallest absolute Gasteiger partial charge is 0.247 e. The highest BCUT2D eigenvalue weighted by atomic mass is 79.9. The normalized spacial score (nSPS) is 11.7. The van der Waals surface area contributed by atoms with Crippen LogP contribution in [0.25, 0.3) is 0 Å². The van der Waals surface area contributed by atoms with Crippen LogP contribution in [0.5, 0.6) is 0 Å². The van der Waals surface area contributed by atoms with Crippen LogP contribution < -0.4 is 16.8 Å². The Hall–Kier alpha value is -2.11. The number of anilines is 2. The summed E-state index contributed by atoms with van der Waals surface area (Å²) in [6.45, 7) is 3.42. The molecule has 0 radical (unpaired) electrons. The lowest BCUT2D eigenvalue weighted by Gasteiger charge is -2.16. The van der Waals surface area contributed by atoms with Gasteiger partial charge >= 0.3 is 0 Å². The Bertz CT molecular complexity index is 685.